The van der Waals surface area contributed by atoms with Gasteiger partial charge in [-0.25, -0.2) is 0 Å². The number of Topliss-reactive ketones (excluding diaryl/α,β-unsaturated/α-hetero) is 3. The number of carbonyl (C=O) groups excluding carboxylic acids is 9. The Kier molecular flexibility index (Phi) is 34.1. The molecule has 1 aliphatic carbocycles. The van der Waals surface area contributed by atoms with Gasteiger partial charge in [-0.2, -0.15) is 13.2 Å². The topological polar surface area (TPSA) is 590 Å². The summed E-state index contributed by atoms with van der Waals surface area (Å²) in [6, 6.07) is 18.4. The molecule has 36 nitrogen and oxygen atoms in total. The molecule has 41 heteroatoms. The summed E-state index contributed by atoms with van der Waals surface area (Å²) >= 11 is 14.5. The van der Waals surface area contributed by atoms with Crippen LogP contribution in [-0.2, 0) is 76.6 Å². The maximum atomic E-state index is 16.7. The quantitative estimate of drug-likeness (QED) is 0.0181. The second-order valence-corrected chi connectivity index (χ2v) is 36.4. The smallest absolute Gasteiger partial charge is 0.416 e. The summed E-state index contributed by atoms with van der Waals surface area (Å²) in [6.45, 7) is 6.37. The Bertz CT molecular complexity index is 5530. The molecule has 734 valence electrons. The van der Waals surface area contributed by atoms with E-state index in [1.165, 1.54) is 30.3 Å². The number of nitrogens with two attached hydrogens (primary N) is 1. The molecule has 3 unspecified atom stereocenters. The molecule has 2 fully saturated rings. The lowest BCUT2D eigenvalue weighted by Gasteiger charge is -2.48. The van der Waals surface area contributed by atoms with Crippen molar-refractivity contribution in [1.82, 2.24) is 31.9 Å². The number of nitrogens with one attached hydrogen (secondary N) is 6. The highest BCUT2D eigenvalue weighted by molar-refractivity contribution is 6.32. The van der Waals surface area contributed by atoms with Crippen LogP contribution >= 0.6 is 23.2 Å². The number of aliphatic hydroxyl groups is 11. The fraction of sp³-hybridized carbons (Fsp3) is 0.463. The summed E-state index contributed by atoms with van der Waals surface area (Å²) in [5, 5.41) is 175. The Morgan fingerprint density at radius 3 is 1.94 bits per heavy atom. The molecule has 22 N–H and O–H groups in total. The number of halogens is 5. The van der Waals surface area contributed by atoms with Gasteiger partial charge in [0.15, 0.2) is 28.8 Å². The lowest BCUT2D eigenvalue weighted by atomic mass is 9.73. The Balaban J connectivity index is 0.998. The fourth-order valence-corrected chi connectivity index (χ4v) is 18.2. The zero-order chi connectivity index (χ0) is 99.0. The highest BCUT2D eigenvalue weighted by Gasteiger charge is 2.52. The predicted octanol–water partition coefficient (Wildman–Crippen LogP) is 6.01. The lowest BCUT2D eigenvalue weighted by molar-refractivity contribution is -0.299. The van der Waals surface area contributed by atoms with Gasteiger partial charge in [0.05, 0.1) is 58.4 Å². The standard InChI is InChI=1S/C95H110Cl2F3N7O29/c1-6-45(25-42(2)3)88(127)105-75-64(114)30-52(33-72(101)117)89(128)104-74-51-31-69(133-67-22-17-49(77(75)118)28-59(67)96)85(136-93-86(84(125)82(123)71(40-109)135-93)132-54-26-43(4)87(126)94(5,36-54)103-37-44-10-12-46(13-11-44)47-14-19-53(20-15-47)95(98,99)100)70(32-51)134-68-23-18-50(29-60(68)97)78(119)76-91(130)107-92(131-41-110)57-35-63(113)58(38-102-24-8-7-9-62(112)80(121)83(124)81(122)66(116)39-108)79(120)73(57)56-27-48(16-21-61(56)111)55(34-65(74)115)90(129)106-76/h10-23,27-29,31-32,35,41-43,45,52,54-55,66,71,74-78,80-84,86-87,92-93,102-103,108-109,111,113,116,118-126H,6-9,24-26,30,33-34,36-40H2,1-5H3,(H2,101,117)(H,104,128)(H,105,127)(H,106,129)(H,107,130)/t43-,45-,52+,54-,55-,66-,71-,74-,75+,76+,77-,78-,80+,81-,82?,83-,84?,86-,87-,92-,93+,94?/m1/s1. The second-order valence-electron chi connectivity index (χ2n) is 35.5. The number of alkyl halides is 3. The normalized spacial score (nSPS) is 26.1. The maximum Gasteiger partial charge on any atom is 0.416 e. The van der Waals surface area contributed by atoms with Crippen LogP contribution in [0.5, 0.6) is 46.0 Å². The van der Waals surface area contributed by atoms with Crippen molar-refractivity contribution in [2.45, 2.75) is 233 Å². The van der Waals surface area contributed by atoms with Crippen molar-refractivity contribution in [3.05, 3.63) is 176 Å². The van der Waals surface area contributed by atoms with Crippen LogP contribution in [0.25, 0.3) is 22.3 Å². The number of ketones is 3. The third-order valence-electron chi connectivity index (χ3n) is 25.3. The van der Waals surface area contributed by atoms with Crippen molar-refractivity contribution in [2.75, 3.05) is 19.8 Å². The first-order valence-corrected chi connectivity index (χ1v) is 45.0. The number of carbonyl (C=O) groups is 9. The number of amides is 5. The number of benzene rings is 7. The minimum Gasteiger partial charge on any atom is -0.507 e. The van der Waals surface area contributed by atoms with Crippen LogP contribution in [0.3, 0.4) is 0 Å². The summed E-state index contributed by atoms with van der Waals surface area (Å²) in [6.07, 6.45) is -33.8. The molecule has 136 heavy (non-hydrogen) atoms. The summed E-state index contributed by atoms with van der Waals surface area (Å²) in [5.41, 5.74) is 2.68. The molecule has 6 heterocycles. The highest BCUT2D eigenvalue weighted by atomic mass is 35.5. The molecule has 0 spiro atoms. The van der Waals surface area contributed by atoms with Crippen molar-refractivity contribution in [2.24, 2.45) is 29.4 Å². The number of hydrogen-bond donors (Lipinski definition) is 21. The largest absolute Gasteiger partial charge is 0.507 e. The molecule has 7 aromatic rings. The van der Waals surface area contributed by atoms with Crippen molar-refractivity contribution < 1.29 is 156 Å². The van der Waals surface area contributed by atoms with Crippen LogP contribution in [0, 0.1) is 23.7 Å². The van der Waals surface area contributed by atoms with Crippen LogP contribution in [0.2, 0.25) is 10.0 Å². The number of phenols is 3. The number of ether oxygens (including phenoxy) is 6. The van der Waals surface area contributed by atoms with Crippen molar-refractivity contribution >= 4 is 76.6 Å². The molecule has 0 aromatic heterocycles. The van der Waals surface area contributed by atoms with Gasteiger partial charge in [-0.15, -0.1) is 0 Å². The third-order valence-corrected chi connectivity index (χ3v) is 25.9. The monoisotopic (exact) mass is 1940 g/mol. The van der Waals surface area contributed by atoms with E-state index < -0.39 is 298 Å². The summed E-state index contributed by atoms with van der Waals surface area (Å²) in [7, 11) is 0. The molecular formula is C95H110Cl2F3N7O29. The molecule has 11 bridgehead atoms. The van der Waals surface area contributed by atoms with E-state index in [-0.39, 0.29) is 97.0 Å². The van der Waals surface area contributed by atoms with Crippen LogP contribution in [0.1, 0.15) is 174 Å². The summed E-state index contributed by atoms with van der Waals surface area (Å²) in [4.78, 5) is 132. The van der Waals surface area contributed by atoms with Gasteiger partial charge >= 0.3 is 6.18 Å². The zero-order valence-electron chi connectivity index (χ0n) is 74.3. The number of unbranched alkanes of at least 4 members (excludes halogenated alkanes) is 1. The third kappa shape index (κ3) is 23.8. The minimum absolute atomic E-state index is 0.0154. The average Bonchev–Trinajstić information content (AvgIpc) is 0.742. The Morgan fingerprint density at radius 2 is 1.35 bits per heavy atom. The highest BCUT2D eigenvalue weighted by Crippen LogP contribution is 2.52. The minimum atomic E-state index is -4.55. The first-order chi connectivity index (χ1) is 64.4. The molecule has 1 saturated carbocycles. The Labute approximate surface area is 787 Å². The number of phenolic OH excluding ortho intramolecular Hbond substituents is 3. The zero-order valence-corrected chi connectivity index (χ0v) is 75.8. The fourth-order valence-electron chi connectivity index (χ4n) is 17.7. The van der Waals surface area contributed by atoms with Gasteiger partial charge in [-0.05, 0) is 170 Å². The van der Waals surface area contributed by atoms with Crippen LogP contribution in [0.4, 0.5) is 13.2 Å². The van der Waals surface area contributed by atoms with Crippen molar-refractivity contribution in [3.8, 4) is 68.2 Å². The van der Waals surface area contributed by atoms with Gasteiger partial charge < -0.3 is 138 Å². The van der Waals surface area contributed by atoms with Gasteiger partial charge in [0, 0.05) is 66.9 Å². The first kappa shape index (κ1) is 104. The molecule has 22 atom stereocenters. The van der Waals surface area contributed by atoms with E-state index in [1.807, 2.05) is 13.8 Å². The molecule has 5 amide bonds. The summed E-state index contributed by atoms with van der Waals surface area (Å²) in [5.74, 6) is -19.5. The maximum absolute atomic E-state index is 16.7. The molecule has 7 aromatic carbocycles. The van der Waals surface area contributed by atoms with E-state index in [0.717, 1.165) is 66.7 Å². The number of primary amides is 1. The van der Waals surface area contributed by atoms with Gasteiger partial charge in [0.1, 0.15) is 108 Å². The molecular weight excluding hydrogens is 1830 g/mol. The average molecular weight is 1940 g/mol. The van der Waals surface area contributed by atoms with Crippen LogP contribution < -0.4 is 51.8 Å². The number of aromatic hydroxyl groups is 3. The van der Waals surface area contributed by atoms with Gasteiger partial charge in [0.25, 0.3) is 6.47 Å². The van der Waals surface area contributed by atoms with E-state index in [1.54, 1.807) is 45.0 Å². The van der Waals surface area contributed by atoms with Crippen LogP contribution in [0.15, 0.2) is 121 Å². The SMILES string of the molecule is CC[C@H](CC(C)C)C(=O)N[C@H]1C(=O)C[C@@H](CC(N)=O)C(=O)N[C@H]2C(=O)C[C@H]3C(=O)N[C@H](C(=O)N[C@H](OC=O)c4cc(O)c(CNCCCCC(=O)[C@H](O)[C@@H](O)[C@H](O)[C@H](O)CO)c(O)c4-c4cc3ccc4O)[C@H](O)c3ccc(c(Cl)c3)Oc3cc2cc(c3O[C@@H]2O[C@H](CO)C(O)C(O)[C@H]2O[C@@H]2C[C@@H](C)[C@@H](O)C(C)(NCc3ccc(-c4ccc(C(F)(F)F)cc4)cc3)C2)Oc2ccc(cc2Cl)[C@H]1O. The van der Waals surface area contributed by atoms with E-state index in [4.69, 9.17) is 57.4 Å². The molecule has 6 aliphatic heterocycles. The van der Waals surface area contributed by atoms with Crippen LogP contribution in [-0.4, -0.2) is 230 Å². The number of hydrogen-bond acceptors (Lipinski definition) is 31. The number of aliphatic hydroxyl groups excluding tert-OH is 11. The second kappa shape index (κ2) is 44.6. The number of rotatable bonds is 30. The van der Waals surface area contributed by atoms with Gasteiger partial charge in [0.2, 0.25) is 47.8 Å². The lowest BCUT2D eigenvalue weighted by Crippen LogP contribution is -2.64. The van der Waals surface area contributed by atoms with Crippen molar-refractivity contribution in [3.63, 3.8) is 0 Å². The molecule has 7 aliphatic rings. The number of fused-ring (bicyclic) bond motifs is 15. The molecule has 0 radical (unpaired) electrons. The molecule has 14 rings (SSSR count). The summed E-state index contributed by atoms with van der Waals surface area (Å²) < 4.78 is 79.6. The van der Waals surface area contributed by atoms with Gasteiger partial charge in [-0.1, -0.05) is 105 Å². The van der Waals surface area contributed by atoms with E-state index >= 15 is 24.0 Å². The van der Waals surface area contributed by atoms with Crippen molar-refractivity contribution in [1.29, 1.82) is 0 Å². The predicted molar refractivity (Wildman–Crippen MR) is 477 cm³/mol. The Hall–Kier alpha value is -11.1. The van der Waals surface area contributed by atoms with E-state index in [9.17, 15) is 104 Å². The van der Waals surface area contributed by atoms with E-state index in [0.29, 0.717) is 23.1 Å². The van der Waals surface area contributed by atoms with E-state index in [2.05, 4.69) is 31.9 Å². The Morgan fingerprint density at radius 1 is 0.713 bits per heavy atom. The molecule has 1 saturated heterocycles. The van der Waals surface area contributed by atoms with Gasteiger partial charge in [-0.3, -0.25) is 43.2 Å². The first-order valence-electron chi connectivity index (χ1n) is 44.2.